The molecule has 2 aromatic carbocycles. The van der Waals surface area contributed by atoms with E-state index in [1.807, 2.05) is 37.3 Å². The van der Waals surface area contributed by atoms with Crippen LogP contribution in [0.25, 0.3) is 17.2 Å². The van der Waals surface area contributed by atoms with Gasteiger partial charge in [0.05, 0.1) is 0 Å². The van der Waals surface area contributed by atoms with Crippen molar-refractivity contribution in [1.82, 2.24) is 0 Å². The van der Waals surface area contributed by atoms with Gasteiger partial charge in [0.2, 0.25) is 0 Å². The first-order chi connectivity index (χ1) is 9.79. The van der Waals surface area contributed by atoms with E-state index >= 15 is 0 Å². The zero-order valence-electron chi connectivity index (χ0n) is 11.5. The monoisotopic (exact) mass is 324 g/mol. The van der Waals surface area contributed by atoms with Gasteiger partial charge in [0.1, 0.15) is 0 Å². The Kier molecular flexibility index (Phi) is 5.57. The fraction of sp³-hybridized carbons (Fsp3) is 0.0526. The second kappa shape index (κ2) is 7.66. The van der Waals surface area contributed by atoms with Crippen molar-refractivity contribution in [3.8, 4) is 11.1 Å². The molecule has 0 saturated heterocycles. The van der Waals surface area contributed by atoms with Crippen LogP contribution in [0.1, 0.15) is 12.5 Å². The van der Waals surface area contributed by atoms with E-state index < -0.39 is 0 Å². The molecule has 2 aromatic rings. The molecule has 0 bridgehead atoms. The summed E-state index contributed by atoms with van der Waals surface area (Å²) in [5.74, 6) is 0. The predicted molar refractivity (Wildman–Crippen MR) is 92.6 cm³/mol. The molecule has 100 valence electrons. The molecular weight excluding hydrogens is 308 g/mol. The Morgan fingerprint density at radius 1 is 0.800 bits per heavy atom. The van der Waals surface area contributed by atoms with Crippen molar-refractivity contribution in [2.24, 2.45) is 0 Å². The maximum atomic E-state index is 3.58. The van der Waals surface area contributed by atoms with Crippen LogP contribution in [0.2, 0.25) is 0 Å². The molecule has 0 radical (unpaired) electrons. The maximum absolute atomic E-state index is 3.58. The van der Waals surface area contributed by atoms with Crippen molar-refractivity contribution >= 4 is 22.0 Å². The smallest absolute Gasteiger partial charge is 0.0187 e. The number of hydrogen-bond acceptors (Lipinski definition) is 0. The highest BCUT2D eigenvalue weighted by atomic mass is 79.9. The van der Waals surface area contributed by atoms with Crippen LogP contribution in [-0.2, 0) is 0 Å². The van der Waals surface area contributed by atoms with Gasteiger partial charge < -0.3 is 0 Å². The summed E-state index contributed by atoms with van der Waals surface area (Å²) in [6.45, 7) is 2.01. The van der Waals surface area contributed by atoms with Gasteiger partial charge in [-0.15, -0.1) is 0 Å². The molecule has 0 spiro atoms. The van der Waals surface area contributed by atoms with E-state index in [0.29, 0.717) is 0 Å². The van der Waals surface area contributed by atoms with Crippen LogP contribution in [0.5, 0.6) is 0 Å². The summed E-state index contributed by atoms with van der Waals surface area (Å²) in [4.78, 5) is 0. The molecule has 0 unspecified atom stereocenters. The highest BCUT2D eigenvalue weighted by Crippen LogP contribution is 2.25. The average molecular weight is 325 g/mol. The first-order valence-corrected chi connectivity index (χ1v) is 7.41. The van der Waals surface area contributed by atoms with Crippen LogP contribution in [-0.4, -0.2) is 0 Å². The van der Waals surface area contributed by atoms with Gasteiger partial charge in [0, 0.05) is 4.47 Å². The van der Waals surface area contributed by atoms with Crippen LogP contribution < -0.4 is 0 Å². The Morgan fingerprint density at radius 3 is 2.30 bits per heavy atom. The van der Waals surface area contributed by atoms with Crippen LogP contribution in [0.4, 0.5) is 0 Å². The number of benzene rings is 2. The van der Waals surface area contributed by atoms with Gasteiger partial charge in [0.25, 0.3) is 0 Å². The van der Waals surface area contributed by atoms with Crippen molar-refractivity contribution < 1.29 is 0 Å². The summed E-state index contributed by atoms with van der Waals surface area (Å²) >= 11 is 3.58. The Labute approximate surface area is 129 Å². The van der Waals surface area contributed by atoms with E-state index in [1.54, 1.807) is 0 Å². The molecule has 0 N–H and O–H groups in total. The lowest BCUT2D eigenvalue weighted by Crippen LogP contribution is -1.80. The summed E-state index contributed by atoms with van der Waals surface area (Å²) in [5.41, 5.74) is 3.63. The molecule has 0 aliphatic carbocycles. The van der Waals surface area contributed by atoms with E-state index in [2.05, 4.69) is 70.5 Å². The number of halogens is 1. The summed E-state index contributed by atoms with van der Waals surface area (Å²) in [6.07, 6.45) is 12.2. The molecule has 0 nitrogen and oxygen atoms in total. The summed E-state index contributed by atoms with van der Waals surface area (Å²) in [7, 11) is 0. The highest BCUT2D eigenvalue weighted by Gasteiger charge is 1.99. The molecule has 0 heterocycles. The first kappa shape index (κ1) is 14.5. The highest BCUT2D eigenvalue weighted by molar-refractivity contribution is 9.10. The molecule has 20 heavy (non-hydrogen) atoms. The van der Waals surface area contributed by atoms with Gasteiger partial charge in [-0.25, -0.2) is 0 Å². The molecular formula is C19H17Br. The minimum atomic E-state index is 1.09. The summed E-state index contributed by atoms with van der Waals surface area (Å²) < 4.78 is 1.09. The number of allylic oxidation sites excluding steroid dienone is 5. The lowest BCUT2D eigenvalue weighted by molar-refractivity contribution is 1.57. The molecule has 0 aromatic heterocycles. The van der Waals surface area contributed by atoms with Crippen LogP contribution in [0, 0.1) is 0 Å². The van der Waals surface area contributed by atoms with Crippen LogP contribution >= 0.6 is 15.9 Å². The minimum Gasteiger partial charge on any atom is -0.0877 e. The van der Waals surface area contributed by atoms with E-state index in [0.717, 1.165) is 4.47 Å². The molecule has 1 heteroatoms. The second-order valence-electron chi connectivity index (χ2n) is 4.41. The SMILES string of the molecule is C\C=C/C=C\C=C\c1cc(Br)cc(-c2ccccc2)c1. The molecule has 0 atom stereocenters. The average Bonchev–Trinajstić information content (AvgIpc) is 2.47. The quantitative estimate of drug-likeness (QED) is 0.582. The maximum Gasteiger partial charge on any atom is 0.0187 e. The molecule has 0 aliphatic rings. The van der Waals surface area contributed by atoms with Gasteiger partial charge in [0.15, 0.2) is 0 Å². The fourth-order valence-electron chi connectivity index (χ4n) is 1.91. The zero-order valence-corrected chi connectivity index (χ0v) is 13.0. The third-order valence-corrected chi connectivity index (χ3v) is 3.30. The second-order valence-corrected chi connectivity index (χ2v) is 5.32. The Balaban J connectivity index is 2.25. The van der Waals surface area contributed by atoms with Crippen molar-refractivity contribution in [3.63, 3.8) is 0 Å². The molecule has 0 fully saturated rings. The van der Waals surface area contributed by atoms with Crippen LogP contribution in [0.15, 0.2) is 83.4 Å². The van der Waals surface area contributed by atoms with E-state index in [-0.39, 0.29) is 0 Å². The van der Waals surface area contributed by atoms with Crippen molar-refractivity contribution in [3.05, 3.63) is 88.9 Å². The molecule has 2 rings (SSSR count). The van der Waals surface area contributed by atoms with Gasteiger partial charge in [-0.2, -0.15) is 0 Å². The Hall–Kier alpha value is -1.86. The van der Waals surface area contributed by atoms with Gasteiger partial charge in [-0.3, -0.25) is 0 Å². The third kappa shape index (κ3) is 4.36. The van der Waals surface area contributed by atoms with Crippen molar-refractivity contribution in [2.45, 2.75) is 6.92 Å². The molecule has 0 amide bonds. The standard InChI is InChI=1S/C19H17Br/c1-2-3-4-5-7-10-16-13-18(15-19(20)14-16)17-11-8-6-9-12-17/h2-15H,1H3/b3-2-,5-4-,10-7+. The summed E-state index contributed by atoms with van der Waals surface area (Å²) in [5, 5.41) is 0. The van der Waals surface area contributed by atoms with Gasteiger partial charge >= 0.3 is 0 Å². The van der Waals surface area contributed by atoms with E-state index in [4.69, 9.17) is 0 Å². The number of rotatable bonds is 4. The lowest BCUT2D eigenvalue weighted by Gasteiger charge is -2.04. The Morgan fingerprint density at radius 2 is 1.55 bits per heavy atom. The minimum absolute atomic E-state index is 1.09. The normalized spacial score (nSPS) is 11.9. The topological polar surface area (TPSA) is 0 Å². The van der Waals surface area contributed by atoms with Crippen LogP contribution in [0.3, 0.4) is 0 Å². The molecule has 0 saturated carbocycles. The predicted octanol–water partition coefficient (Wildman–Crippen LogP) is 6.26. The van der Waals surface area contributed by atoms with Gasteiger partial charge in [-0.1, -0.05) is 82.7 Å². The summed E-state index contributed by atoms with van der Waals surface area (Å²) in [6, 6.07) is 16.9. The molecule has 0 aliphatic heterocycles. The van der Waals surface area contributed by atoms with E-state index in [1.165, 1.54) is 16.7 Å². The largest absolute Gasteiger partial charge is 0.0877 e. The fourth-order valence-corrected chi connectivity index (χ4v) is 2.42. The van der Waals surface area contributed by atoms with E-state index in [9.17, 15) is 0 Å². The third-order valence-electron chi connectivity index (χ3n) is 2.84. The van der Waals surface area contributed by atoms with Crippen molar-refractivity contribution in [2.75, 3.05) is 0 Å². The lowest BCUT2D eigenvalue weighted by atomic mass is 10.0. The number of hydrogen-bond donors (Lipinski definition) is 0. The zero-order chi connectivity index (χ0) is 14.2. The van der Waals surface area contributed by atoms with Crippen molar-refractivity contribution in [1.29, 1.82) is 0 Å². The first-order valence-electron chi connectivity index (χ1n) is 6.61. The Bertz CT molecular complexity index is 634. The van der Waals surface area contributed by atoms with Gasteiger partial charge in [-0.05, 0) is 41.8 Å².